The summed E-state index contributed by atoms with van der Waals surface area (Å²) in [6, 6.07) is 9.32. The summed E-state index contributed by atoms with van der Waals surface area (Å²) in [7, 11) is 0. The summed E-state index contributed by atoms with van der Waals surface area (Å²) in [6.07, 6.45) is -4.07. The minimum absolute atomic E-state index is 0.109. The number of alkyl halides is 3. The molecular weight excluding hydrogens is 337 g/mol. The number of carbonyl (C=O) groups is 2. The maximum atomic E-state index is 12.4. The summed E-state index contributed by atoms with van der Waals surface area (Å²) in [6.45, 7) is 1.27. The van der Waals surface area contributed by atoms with Gasteiger partial charge in [-0.05, 0) is 18.4 Å². The first kappa shape index (κ1) is 17.6. The van der Waals surface area contributed by atoms with Crippen molar-refractivity contribution in [2.75, 3.05) is 26.2 Å². The summed E-state index contributed by atoms with van der Waals surface area (Å²) in [5.74, 6) is -1.78. The first-order valence-corrected chi connectivity index (χ1v) is 8.11. The Morgan fingerprint density at radius 2 is 1.64 bits per heavy atom. The molecular formula is C17H19F3N2O3. The normalized spacial score (nSPS) is 19.5. The van der Waals surface area contributed by atoms with Crippen LogP contribution in [0.25, 0.3) is 0 Å². The van der Waals surface area contributed by atoms with E-state index in [1.54, 1.807) is 4.90 Å². The van der Waals surface area contributed by atoms with Crippen LogP contribution in [0.2, 0.25) is 0 Å². The molecule has 0 unspecified atom stereocenters. The number of hydrogen-bond acceptors (Lipinski definition) is 3. The fourth-order valence-corrected chi connectivity index (χ4v) is 3.38. The van der Waals surface area contributed by atoms with Crippen molar-refractivity contribution in [1.29, 1.82) is 0 Å². The van der Waals surface area contributed by atoms with Crippen molar-refractivity contribution in [1.82, 2.24) is 9.80 Å². The van der Waals surface area contributed by atoms with Crippen molar-refractivity contribution >= 4 is 12.0 Å². The molecule has 0 aromatic heterocycles. The molecule has 8 heteroatoms. The van der Waals surface area contributed by atoms with E-state index in [9.17, 15) is 22.8 Å². The monoisotopic (exact) mass is 356 g/mol. The highest BCUT2D eigenvalue weighted by Crippen LogP contribution is 2.42. The molecule has 5 nitrogen and oxygen atoms in total. The second kappa shape index (κ2) is 6.57. The summed E-state index contributed by atoms with van der Waals surface area (Å²) in [5, 5.41) is 0. The van der Waals surface area contributed by atoms with Gasteiger partial charge >= 0.3 is 18.2 Å². The van der Waals surface area contributed by atoms with Gasteiger partial charge in [0.05, 0.1) is 0 Å². The third kappa shape index (κ3) is 3.88. The molecule has 0 N–H and O–H groups in total. The standard InChI is InChI=1S/C17H19F3N2O3/c18-17(19,20)14(23)22-11-16(12-22)6-8-21(9-7-16)15(24)25-10-13-4-2-1-3-5-13/h1-5H,6-12H2. The second-order valence-electron chi connectivity index (χ2n) is 6.69. The summed E-state index contributed by atoms with van der Waals surface area (Å²) >= 11 is 0. The van der Waals surface area contributed by atoms with Crippen LogP contribution in [0.4, 0.5) is 18.0 Å². The van der Waals surface area contributed by atoms with Crippen molar-refractivity contribution < 1.29 is 27.5 Å². The zero-order valence-electron chi connectivity index (χ0n) is 13.6. The van der Waals surface area contributed by atoms with Crippen LogP contribution < -0.4 is 0 Å². The van der Waals surface area contributed by atoms with Gasteiger partial charge in [-0.2, -0.15) is 13.2 Å². The van der Waals surface area contributed by atoms with Crippen LogP contribution in [0.15, 0.2) is 30.3 Å². The minimum Gasteiger partial charge on any atom is -0.445 e. The van der Waals surface area contributed by atoms with Crippen LogP contribution in [0, 0.1) is 5.41 Å². The number of amides is 2. The van der Waals surface area contributed by atoms with Gasteiger partial charge in [0.25, 0.3) is 0 Å². The number of halogens is 3. The number of carbonyl (C=O) groups excluding carboxylic acids is 2. The number of likely N-dealkylation sites (tertiary alicyclic amines) is 2. The Morgan fingerprint density at radius 3 is 2.20 bits per heavy atom. The molecule has 1 spiro atoms. The van der Waals surface area contributed by atoms with Crippen molar-refractivity contribution in [2.24, 2.45) is 5.41 Å². The van der Waals surface area contributed by atoms with Crippen LogP contribution in [-0.4, -0.2) is 54.2 Å². The zero-order valence-corrected chi connectivity index (χ0v) is 13.6. The Hall–Kier alpha value is -2.25. The van der Waals surface area contributed by atoms with Gasteiger partial charge < -0.3 is 14.5 Å². The molecule has 25 heavy (non-hydrogen) atoms. The van der Waals surface area contributed by atoms with E-state index in [0.29, 0.717) is 25.9 Å². The van der Waals surface area contributed by atoms with Crippen LogP contribution in [0.3, 0.4) is 0 Å². The molecule has 0 saturated carbocycles. The molecule has 2 aliphatic heterocycles. The van der Waals surface area contributed by atoms with Gasteiger partial charge in [-0.15, -0.1) is 0 Å². The van der Waals surface area contributed by atoms with Crippen LogP contribution in [-0.2, 0) is 16.1 Å². The Kier molecular flexibility index (Phi) is 4.62. The van der Waals surface area contributed by atoms with Gasteiger partial charge in [-0.1, -0.05) is 30.3 Å². The molecule has 0 bridgehead atoms. The molecule has 3 rings (SSSR count). The van der Waals surface area contributed by atoms with Gasteiger partial charge in [0.2, 0.25) is 0 Å². The lowest BCUT2D eigenvalue weighted by Gasteiger charge is -2.53. The average Bonchev–Trinajstić information content (AvgIpc) is 2.57. The van der Waals surface area contributed by atoms with Crippen LogP contribution in [0.5, 0.6) is 0 Å². The van der Waals surface area contributed by atoms with Gasteiger partial charge in [0.1, 0.15) is 6.61 Å². The van der Waals surface area contributed by atoms with E-state index in [0.717, 1.165) is 10.5 Å². The highest BCUT2D eigenvalue weighted by atomic mass is 19.4. The molecule has 2 amide bonds. The summed E-state index contributed by atoms with van der Waals surface area (Å²) in [4.78, 5) is 25.7. The van der Waals surface area contributed by atoms with Gasteiger partial charge in [0.15, 0.2) is 0 Å². The lowest BCUT2D eigenvalue weighted by Crippen LogP contribution is -2.64. The van der Waals surface area contributed by atoms with E-state index in [2.05, 4.69) is 0 Å². The Labute approximate surface area is 143 Å². The SMILES string of the molecule is O=C(OCc1ccccc1)N1CCC2(CC1)CN(C(=O)C(F)(F)F)C2. The average molecular weight is 356 g/mol. The number of nitrogens with zero attached hydrogens (tertiary/aromatic N) is 2. The van der Waals surface area contributed by atoms with Crippen molar-refractivity contribution in [3.8, 4) is 0 Å². The fraction of sp³-hybridized carbons (Fsp3) is 0.529. The molecule has 1 aromatic carbocycles. The number of rotatable bonds is 2. The molecule has 0 aliphatic carbocycles. The van der Waals surface area contributed by atoms with E-state index in [1.165, 1.54) is 0 Å². The highest BCUT2D eigenvalue weighted by molar-refractivity contribution is 5.82. The molecule has 0 atom stereocenters. The van der Waals surface area contributed by atoms with Crippen LogP contribution in [0.1, 0.15) is 18.4 Å². The van der Waals surface area contributed by atoms with E-state index in [-0.39, 0.29) is 25.1 Å². The lowest BCUT2D eigenvalue weighted by molar-refractivity contribution is -0.198. The molecule has 136 valence electrons. The van der Waals surface area contributed by atoms with Gasteiger partial charge in [-0.3, -0.25) is 4.79 Å². The molecule has 2 fully saturated rings. The lowest BCUT2D eigenvalue weighted by atomic mass is 9.72. The Morgan fingerprint density at radius 1 is 1.04 bits per heavy atom. The van der Waals surface area contributed by atoms with E-state index < -0.39 is 18.2 Å². The predicted octanol–water partition coefficient (Wildman–Crippen LogP) is 2.81. The summed E-state index contributed by atoms with van der Waals surface area (Å²) in [5.41, 5.74) is 0.599. The topological polar surface area (TPSA) is 49.9 Å². The molecule has 2 heterocycles. The van der Waals surface area contributed by atoms with Crippen molar-refractivity contribution in [3.63, 3.8) is 0 Å². The fourth-order valence-electron chi connectivity index (χ4n) is 3.38. The molecule has 1 aromatic rings. The maximum absolute atomic E-state index is 12.4. The zero-order chi connectivity index (χ0) is 18.1. The Bertz CT molecular complexity index is 632. The quantitative estimate of drug-likeness (QED) is 0.819. The maximum Gasteiger partial charge on any atom is 0.471 e. The molecule has 0 radical (unpaired) electrons. The van der Waals surface area contributed by atoms with E-state index in [4.69, 9.17) is 4.74 Å². The Balaban J connectivity index is 1.43. The first-order chi connectivity index (χ1) is 11.8. The first-order valence-electron chi connectivity index (χ1n) is 8.11. The molecule has 2 saturated heterocycles. The number of hydrogen-bond donors (Lipinski definition) is 0. The predicted molar refractivity (Wildman–Crippen MR) is 82.5 cm³/mol. The second-order valence-corrected chi connectivity index (χ2v) is 6.69. The van der Waals surface area contributed by atoms with E-state index in [1.807, 2.05) is 30.3 Å². The third-order valence-electron chi connectivity index (χ3n) is 4.87. The van der Waals surface area contributed by atoms with Crippen LogP contribution >= 0.6 is 0 Å². The molecule has 2 aliphatic rings. The highest BCUT2D eigenvalue weighted by Gasteiger charge is 2.53. The number of ether oxygens (including phenoxy) is 1. The number of piperidine rings is 1. The summed E-state index contributed by atoms with van der Waals surface area (Å²) < 4.78 is 42.5. The third-order valence-corrected chi connectivity index (χ3v) is 4.87. The number of benzene rings is 1. The minimum atomic E-state index is -4.82. The van der Waals surface area contributed by atoms with Crippen molar-refractivity contribution in [3.05, 3.63) is 35.9 Å². The van der Waals surface area contributed by atoms with Gasteiger partial charge in [0, 0.05) is 31.6 Å². The van der Waals surface area contributed by atoms with Crippen molar-refractivity contribution in [2.45, 2.75) is 25.6 Å². The van der Waals surface area contributed by atoms with Gasteiger partial charge in [-0.25, -0.2) is 4.79 Å². The largest absolute Gasteiger partial charge is 0.471 e. The van der Waals surface area contributed by atoms with E-state index >= 15 is 0 Å². The smallest absolute Gasteiger partial charge is 0.445 e.